The first-order chi connectivity index (χ1) is 5.94. The number of nitrogens with two attached hydrogens (primary N) is 1. The van der Waals surface area contributed by atoms with Crippen molar-refractivity contribution < 1.29 is 8.42 Å². The molecule has 1 aliphatic rings. The highest BCUT2D eigenvalue weighted by Gasteiger charge is 2.36. The van der Waals surface area contributed by atoms with Crippen molar-refractivity contribution in [2.75, 3.05) is 6.54 Å². The molecule has 0 aliphatic carbocycles. The molecule has 2 unspecified atom stereocenters. The lowest BCUT2D eigenvalue weighted by atomic mass is 10.2. The molecule has 3 N–H and O–H groups in total. The number of allylic oxidation sites excluding steroid dienone is 2. The standard InChI is InChI=1S/C8H16N2O2S/c1-6(9)3-4-8-5-10-7(2)13(8,11)12/h3,7-8,10H,4-5,9H2,1-2H3/b6-3-. The summed E-state index contributed by atoms with van der Waals surface area (Å²) in [4.78, 5) is 0. The minimum Gasteiger partial charge on any atom is -0.403 e. The van der Waals surface area contributed by atoms with Gasteiger partial charge in [-0.15, -0.1) is 0 Å². The van der Waals surface area contributed by atoms with Crippen LogP contribution in [0.3, 0.4) is 0 Å². The van der Waals surface area contributed by atoms with E-state index >= 15 is 0 Å². The van der Waals surface area contributed by atoms with E-state index in [0.29, 0.717) is 18.7 Å². The molecule has 5 heteroatoms. The second-order valence-electron chi connectivity index (χ2n) is 3.45. The average molecular weight is 204 g/mol. The molecule has 4 nitrogen and oxygen atoms in total. The zero-order valence-corrected chi connectivity index (χ0v) is 8.76. The van der Waals surface area contributed by atoms with Crippen molar-refractivity contribution in [1.82, 2.24) is 5.32 Å². The molecule has 0 aromatic heterocycles. The smallest absolute Gasteiger partial charge is 0.170 e. The van der Waals surface area contributed by atoms with E-state index in [9.17, 15) is 8.42 Å². The highest BCUT2D eigenvalue weighted by molar-refractivity contribution is 7.92. The second-order valence-corrected chi connectivity index (χ2v) is 6.00. The summed E-state index contributed by atoms with van der Waals surface area (Å²) >= 11 is 0. The van der Waals surface area contributed by atoms with Crippen molar-refractivity contribution in [3.8, 4) is 0 Å². The fraction of sp³-hybridized carbons (Fsp3) is 0.750. The minimum absolute atomic E-state index is 0.305. The van der Waals surface area contributed by atoms with Crippen LogP contribution >= 0.6 is 0 Å². The minimum atomic E-state index is -2.97. The van der Waals surface area contributed by atoms with Gasteiger partial charge in [-0.2, -0.15) is 0 Å². The summed E-state index contributed by atoms with van der Waals surface area (Å²) in [5, 5.41) is 2.21. The van der Waals surface area contributed by atoms with Gasteiger partial charge in [0.25, 0.3) is 0 Å². The molecular formula is C8H16N2O2S. The van der Waals surface area contributed by atoms with Crippen LogP contribution < -0.4 is 11.1 Å². The van der Waals surface area contributed by atoms with Crippen molar-refractivity contribution in [2.24, 2.45) is 5.73 Å². The SMILES string of the molecule is C/C(N)=C/CC1CNC(C)S1(=O)=O. The van der Waals surface area contributed by atoms with E-state index in [-0.39, 0.29) is 5.25 Å². The number of hydrogen-bond acceptors (Lipinski definition) is 4. The van der Waals surface area contributed by atoms with Crippen LogP contribution in [0.2, 0.25) is 0 Å². The largest absolute Gasteiger partial charge is 0.403 e. The van der Waals surface area contributed by atoms with Crippen LogP contribution in [-0.2, 0) is 9.84 Å². The summed E-state index contributed by atoms with van der Waals surface area (Å²) in [6, 6.07) is 0. The van der Waals surface area contributed by atoms with Gasteiger partial charge in [0.15, 0.2) is 9.84 Å². The summed E-state index contributed by atoms with van der Waals surface area (Å²) in [5.41, 5.74) is 6.12. The Kier molecular flexibility index (Phi) is 2.98. The van der Waals surface area contributed by atoms with Crippen LogP contribution in [0.1, 0.15) is 20.3 Å². The molecule has 0 saturated carbocycles. The lowest BCUT2D eigenvalue weighted by Gasteiger charge is -2.06. The van der Waals surface area contributed by atoms with Gasteiger partial charge < -0.3 is 11.1 Å². The maximum atomic E-state index is 11.6. The Morgan fingerprint density at radius 2 is 2.31 bits per heavy atom. The maximum Gasteiger partial charge on any atom is 0.170 e. The molecule has 76 valence electrons. The molecule has 0 aromatic carbocycles. The molecule has 2 atom stereocenters. The van der Waals surface area contributed by atoms with Gasteiger partial charge in [-0.3, -0.25) is 0 Å². The Labute approximate surface area is 79.1 Å². The quantitative estimate of drug-likeness (QED) is 0.662. The number of hydrogen-bond donors (Lipinski definition) is 2. The first kappa shape index (κ1) is 10.5. The molecule has 0 radical (unpaired) electrons. The Morgan fingerprint density at radius 3 is 2.69 bits per heavy atom. The molecular weight excluding hydrogens is 188 g/mol. The molecule has 1 saturated heterocycles. The normalized spacial score (nSPS) is 33.5. The predicted molar refractivity (Wildman–Crippen MR) is 52.7 cm³/mol. The average Bonchev–Trinajstić information content (AvgIpc) is 2.25. The van der Waals surface area contributed by atoms with Gasteiger partial charge in [-0.05, 0) is 20.3 Å². The fourth-order valence-corrected chi connectivity index (χ4v) is 2.95. The molecule has 13 heavy (non-hydrogen) atoms. The fourth-order valence-electron chi connectivity index (χ4n) is 1.35. The van der Waals surface area contributed by atoms with Crippen LogP contribution in [0.15, 0.2) is 11.8 Å². The van der Waals surface area contributed by atoms with Gasteiger partial charge in [0, 0.05) is 12.2 Å². The van der Waals surface area contributed by atoms with E-state index < -0.39 is 15.2 Å². The van der Waals surface area contributed by atoms with E-state index in [2.05, 4.69) is 5.32 Å². The zero-order chi connectivity index (χ0) is 10.1. The van der Waals surface area contributed by atoms with Crippen molar-refractivity contribution >= 4 is 9.84 Å². The highest BCUT2D eigenvalue weighted by atomic mass is 32.2. The van der Waals surface area contributed by atoms with Crippen LogP contribution in [0.4, 0.5) is 0 Å². The highest BCUT2D eigenvalue weighted by Crippen LogP contribution is 2.17. The van der Waals surface area contributed by atoms with Gasteiger partial charge >= 0.3 is 0 Å². The van der Waals surface area contributed by atoms with Gasteiger partial charge in [-0.1, -0.05) is 6.08 Å². The maximum absolute atomic E-state index is 11.6. The van der Waals surface area contributed by atoms with Crippen LogP contribution in [0, 0.1) is 0 Å². The van der Waals surface area contributed by atoms with E-state index in [1.54, 1.807) is 19.9 Å². The van der Waals surface area contributed by atoms with E-state index in [1.807, 2.05) is 0 Å². The lowest BCUT2D eigenvalue weighted by molar-refractivity contribution is 0.583. The van der Waals surface area contributed by atoms with Crippen molar-refractivity contribution in [1.29, 1.82) is 0 Å². The number of rotatable bonds is 2. The lowest BCUT2D eigenvalue weighted by Crippen LogP contribution is -2.24. The van der Waals surface area contributed by atoms with Gasteiger partial charge in [0.2, 0.25) is 0 Å². The third-order valence-electron chi connectivity index (χ3n) is 2.29. The third-order valence-corrected chi connectivity index (χ3v) is 4.73. The van der Waals surface area contributed by atoms with Crippen molar-refractivity contribution in [3.63, 3.8) is 0 Å². The number of sulfone groups is 1. The first-order valence-corrected chi connectivity index (χ1v) is 5.94. The van der Waals surface area contributed by atoms with Gasteiger partial charge in [0.05, 0.1) is 5.25 Å². The Morgan fingerprint density at radius 1 is 1.69 bits per heavy atom. The Bertz CT molecular complexity index is 304. The molecule has 1 rings (SSSR count). The number of nitrogens with one attached hydrogen (secondary N) is 1. The molecule has 1 aliphatic heterocycles. The molecule has 0 bridgehead atoms. The topological polar surface area (TPSA) is 72.2 Å². The van der Waals surface area contributed by atoms with Gasteiger partial charge in [-0.25, -0.2) is 8.42 Å². The summed E-state index contributed by atoms with van der Waals surface area (Å²) in [5.74, 6) is 0. The van der Waals surface area contributed by atoms with Crippen molar-refractivity contribution in [2.45, 2.75) is 30.9 Å². The van der Waals surface area contributed by atoms with Crippen molar-refractivity contribution in [3.05, 3.63) is 11.8 Å². The molecule has 0 spiro atoms. The predicted octanol–water partition coefficient (Wildman–Crippen LogP) is -0.0284. The van der Waals surface area contributed by atoms with E-state index in [0.717, 1.165) is 0 Å². The van der Waals surface area contributed by atoms with Crippen LogP contribution in [0.5, 0.6) is 0 Å². The van der Waals surface area contributed by atoms with E-state index in [1.165, 1.54) is 0 Å². The summed E-state index contributed by atoms with van der Waals surface area (Å²) < 4.78 is 23.1. The second kappa shape index (κ2) is 3.67. The Hall–Kier alpha value is -0.550. The molecule has 1 heterocycles. The first-order valence-electron chi connectivity index (χ1n) is 4.33. The zero-order valence-electron chi connectivity index (χ0n) is 7.95. The molecule has 0 aromatic rings. The Balaban J connectivity index is 2.69. The molecule has 1 fully saturated rings. The van der Waals surface area contributed by atoms with E-state index in [4.69, 9.17) is 5.73 Å². The summed E-state index contributed by atoms with van der Waals surface area (Å²) in [6.07, 6.45) is 2.28. The van der Waals surface area contributed by atoms with Gasteiger partial charge in [0.1, 0.15) is 5.37 Å². The van der Waals surface area contributed by atoms with Crippen LogP contribution in [-0.4, -0.2) is 25.6 Å². The summed E-state index contributed by atoms with van der Waals surface area (Å²) in [6.45, 7) is 3.97. The summed E-state index contributed by atoms with van der Waals surface area (Å²) in [7, 11) is -2.97. The monoisotopic (exact) mass is 204 g/mol. The third kappa shape index (κ3) is 2.22. The molecule has 0 amide bonds. The van der Waals surface area contributed by atoms with Crippen LogP contribution in [0.25, 0.3) is 0 Å².